The van der Waals surface area contributed by atoms with E-state index in [0.717, 1.165) is 102 Å². The highest BCUT2D eigenvalue weighted by molar-refractivity contribution is 6.18. The molecule has 2 amide bonds. The SMILES string of the molecule is O=C(N(c1ccccc1)c1ccc2c(c1)c1cc(N(C(=O)C34CC5CC(CC(C5)C3)C4)c3ccccc3)ccc1n2C(=O)C12CC3CC(CC(C3)C1)C2)C12CC3CC(CC(C3)C1)C2. The number of para-hydroxylation sites is 2. The lowest BCUT2D eigenvalue weighted by molar-refractivity contribution is -0.143. The first kappa shape index (κ1) is 37.6. The zero-order valence-corrected chi connectivity index (χ0v) is 36.7. The van der Waals surface area contributed by atoms with Gasteiger partial charge in [0.25, 0.3) is 0 Å². The molecule has 12 bridgehead atoms. The molecule has 6 nitrogen and oxygen atoms in total. The van der Waals surface area contributed by atoms with Crippen LogP contribution in [-0.2, 0) is 9.59 Å². The molecule has 17 rings (SSSR count). The van der Waals surface area contributed by atoms with Crippen LogP contribution in [0.15, 0.2) is 97.1 Å². The Bertz CT molecular complexity index is 2450. The van der Waals surface area contributed by atoms with E-state index in [9.17, 15) is 0 Å². The minimum atomic E-state index is -0.333. The molecule has 6 heteroatoms. The molecule has 4 aromatic carbocycles. The Morgan fingerprint density at radius 1 is 0.381 bits per heavy atom. The molecule has 322 valence electrons. The highest BCUT2D eigenvalue weighted by Crippen LogP contribution is 2.64. The second-order valence-electron chi connectivity index (χ2n) is 23.6. The molecule has 12 fully saturated rings. The van der Waals surface area contributed by atoms with E-state index in [1.807, 2.05) is 21.9 Å². The fraction of sp³-hybridized carbons (Fsp3) is 0.526. The standard InChI is InChI=1S/C57H61N3O3/c61-52(55-26-35-15-36(27-55)17-37(16-35)28-55)58(44-7-3-1-4-8-44)46-11-13-50-48(24-46)49-25-47(12-14-51(49)60(50)54(63)57-32-41-21-42(33-57)23-43(22-41)34-57)59(45-9-5-2-6-10-45)53(62)56-29-38-18-39(30-56)20-40(19-38)31-56/h1-14,24-25,35-43H,15-23,26-34H2. The summed E-state index contributed by atoms with van der Waals surface area (Å²) in [5.74, 6) is 6.63. The van der Waals surface area contributed by atoms with Gasteiger partial charge in [0, 0.05) is 33.5 Å². The lowest BCUT2D eigenvalue weighted by Gasteiger charge is -2.56. The molecule has 0 spiro atoms. The number of carbonyl (C=O) groups is 3. The predicted octanol–water partition coefficient (Wildman–Crippen LogP) is 13.4. The highest BCUT2D eigenvalue weighted by Gasteiger charge is 2.58. The highest BCUT2D eigenvalue weighted by atomic mass is 16.2. The van der Waals surface area contributed by atoms with Gasteiger partial charge >= 0.3 is 0 Å². The molecule has 0 radical (unpaired) electrons. The molecule has 0 atom stereocenters. The third-order valence-electron chi connectivity index (χ3n) is 19.4. The van der Waals surface area contributed by atoms with Crippen LogP contribution in [0.25, 0.3) is 21.8 Å². The van der Waals surface area contributed by atoms with Gasteiger partial charge in [-0.05, 0) is 229 Å². The molecule has 0 N–H and O–H groups in total. The number of nitrogens with zero attached hydrogens (tertiary/aromatic N) is 3. The van der Waals surface area contributed by atoms with Crippen LogP contribution in [-0.4, -0.2) is 22.3 Å². The molecule has 12 aliphatic carbocycles. The lowest BCUT2D eigenvalue weighted by Crippen LogP contribution is -2.53. The summed E-state index contributed by atoms with van der Waals surface area (Å²) >= 11 is 0. The van der Waals surface area contributed by atoms with Crippen LogP contribution in [0.1, 0.15) is 120 Å². The van der Waals surface area contributed by atoms with Gasteiger partial charge in [-0.2, -0.15) is 0 Å². The van der Waals surface area contributed by atoms with Gasteiger partial charge in [0.1, 0.15) is 0 Å². The van der Waals surface area contributed by atoms with Gasteiger partial charge in [0.05, 0.1) is 27.3 Å². The van der Waals surface area contributed by atoms with Crippen LogP contribution in [0, 0.1) is 69.5 Å². The summed E-state index contributed by atoms with van der Waals surface area (Å²) in [5, 5.41) is 1.97. The molecule has 12 saturated carbocycles. The van der Waals surface area contributed by atoms with Crippen molar-refractivity contribution in [3.8, 4) is 0 Å². The minimum Gasteiger partial charge on any atom is -0.281 e. The Labute approximate surface area is 371 Å². The molecular weight excluding hydrogens is 775 g/mol. The van der Waals surface area contributed by atoms with E-state index in [2.05, 4.69) is 89.5 Å². The Kier molecular flexibility index (Phi) is 8.02. The van der Waals surface area contributed by atoms with Crippen molar-refractivity contribution < 1.29 is 14.4 Å². The quantitative estimate of drug-likeness (QED) is 0.164. The molecule has 1 aromatic heterocycles. The molecule has 0 unspecified atom stereocenters. The Balaban J connectivity index is 0.948. The maximum absolute atomic E-state index is 15.6. The molecular formula is C57H61N3O3. The Hall–Kier alpha value is -4.71. The van der Waals surface area contributed by atoms with Gasteiger partial charge in [-0.1, -0.05) is 36.4 Å². The van der Waals surface area contributed by atoms with Gasteiger partial charge in [-0.25, -0.2) is 0 Å². The van der Waals surface area contributed by atoms with E-state index in [1.54, 1.807) is 0 Å². The molecule has 5 aromatic rings. The van der Waals surface area contributed by atoms with Crippen molar-refractivity contribution >= 4 is 62.3 Å². The van der Waals surface area contributed by atoms with Crippen LogP contribution in [0.3, 0.4) is 0 Å². The summed E-state index contributed by atoms with van der Waals surface area (Å²) in [5.41, 5.74) is 4.38. The molecule has 0 saturated heterocycles. The van der Waals surface area contributed by atoms with Crippen LogP contribution in [0.4, 0.5) is 22.7 Å². The second kappa shape index (κ2) is 13.4. The summed E-state index contributed by atoms with van der Waals surface area (Å²) in [4.78, 5) is 50.8. The first-order chi connectivity index (χ1) is 30.7. The van der Waals surface area contributed by atoms with E-state index in [1.165, 1.54) is 57.8 Å². The number of carbonyl (C=O) groups excluding carboxylic acids is 3. The number of amides is 2. The van der Waals surface area contributed by atoms with Crippen LogP contribution >= 0.6 is 0 Å². The van der Waals surface area contributed by atoms with Crippen molar-refractivity contribution in [2.24, 2.45) is 69.5 Å². The molecule has 0 aliphatic heterocycles. The van der Waals surface area contributed by atoms with Crippen LogP contribution < -0.4 is 9.80 Å². The van der Waals surface area contributed by atoms with Crippen molar-refractivity contribution in [3.63, 3.8) is 0 Å². The van der Waals surface area contributed by atoms with Crippen molar-refractivity contribution in [1.29, 1.82) is 0 Å². The smallest absolute Gasteiger partial charge is 0.237 e. The van der Waals surface area contributed by atoms with Gasteiger partial charge in [0.15, 0.2) is 0 Å². The van der Waals surface area contributed by atoms with E-state index >= 15 is 14.4 Å². The van der Waals surface area contributed by atoms with E-state index < -0.39 is 0 Å². The Morgan fingerprint density at radius 2 is 0.683 bits per heavy atom. The van der Waals surface area contributed by atoms with E-state index in [4.69, 9.17) is 0 Å². The normalized spacial score (nSPS) is 37.6. The van der Waals surface area contributed by atoms with Gasteiger partial charge in [-0.15, -0.1) is 0 Å². The zero-order valence-electron chi connectivity index (χ0n) is 36.7. The molecule has 1 heterocycles. The summed E-state index contributed by atoms with van der Waals surface area (Å²) in [6, 6.07) is 33.7. The average Bonchev–Trinajstić information content (AvgIpc) is 3.58. The van der Waals surface area contributed by atoms with Gasteiger partial charge in [-0.3, -0.25) is 28.8 Å². The van der Waals surface area contributed by atoms with Crippen molar-refractivity contribution in [1.82, 2.24) is 4.57 Å². The van der Waals surface area contributed by atoms with Gasteiger partial charge in [0.2, 0.25) is 17.7 Å². The number of aromatic nitrogens is 1. The number of benzene rings is 4. The van der Waals surface area contributed by atoms with E-state index in [0.29, 0.717) is 53.3 Å². The number of anilines is 4. The zero-order chi connectivity index (χ0) is 41.8. The lowest BCUT2D eigenvalue weighted by atomic mass is 9.49. The Morgan fingerprint density at radius 3 is 1.00 bits per heavy atom. The number of hydrogen-bond acceptors (Lipinski definition) is 3. The summed E-state index contributed by atoms with van der Waals surface area (Å²) < 4.78 is 2.09. The number of rotatable bonds is 7. The third-order valence-corrected chi connectivity index (χ3v) is 19.4. The van der Waals surface area contributed by atoms with Crippen LogP contribution in [0.5, 0.6) is 0 Å². The molecule has 63 heavy (non-hydrogen) atoms. The summed E-state index contributed by atoms with van der Waals surface area (Å²) in [7, 11) is 0. The first-order valence-electron chi connectivity index (χ1n) is 25.1. The fourth-order valence-electron chi connectivity index (χ4n) is 18.2. The molecule has 12 aliphatic rings. The van der Waals surface area contributed by atoms with Crippen molar-refractivity contribution in [2.45, 2.75) is 116 Å². The maximum atomic E-state index is 15.6. The topological polar surface area (TPSA) is 62.6 Å². The van der Waals surface area contributed by atoms with Crippen molar-refractivity contribution in [3.05, 3.63) is 97.1 Å². The number of hydrogen-bond donors (Lipinski definition) is 0. The fourth-order valence-corrected chi connectivity index (χ4v) is 18.2. The third kappa shape index (κ3) is 5.64. The summed E-state index contributed by atoms with van der Waals surface area (Å²) in [6.07, 6.45) is 20.6. The van der Waals surface area contributed by atoms with Crippen molar-refractivity contribution in [2.75, 3.05) is 9.80 Å². The van der Waals surface area contributed by atoms with Crippen LogP contribution in [0.2, 0.25) is 0 Å². The average molecular weight is 836 g/mol. The predicted molar refractivity (Wildman–Crippen MR) is 249 cm³/mol. The monoisotopic (exact) mass is 835 g/mol. The largest absolute Gasteiger partial charge is 0.281 e. The maximum Gasteiger partial charge on any atom is 0.237 e. The minimum absolute atomic E-state index is 0.248. The first-order valence-corrected chi connectivity index (χ1v) is 25.1. The summed E-state index contributed by atoms with van der Waals surface area (Å²) in [6.45, 7) is 0. The second-order valence-corrected chi connectivity index (χ2v) is 23.6. The van der Waals surface area contributed by atoms with E-state index in [-0.39, 0.29) is 34.0 Å². The van der Waals surface area contributed by atoms with Gasteiger partial charge < -0.3 is 0 Å². The number of fused-ring (bicyclic) bond motifs is 3.